The monoisotopic (exact) mass is 502 g/mol. The van der Waals surface area contributed by atoms with Crippen molar-refractivity contribution in [3.05, 3.63) is 47.4 Å². The van der Waals surface area contributed by atoms with Gasteiger partial charge in [-0.2, -0.15) is 13.2 Å². The number of hydrogen-bond acceptors (Lipinski definition) is 8. The lowest BCUT2D eigenvalue weighted by atomic mass is 9.99. The van der Waals surface area contributed by atoms with Crippen LogP contribution in [0.4, 0.5) is 17.6 Å². The van der Waals surface area contributed by atoms with Gasteiger partial charge in [0, 0.05) is 10.4 Å². The molecule has 0 amide bonds. The summed E-state index contributed by atoms with van der Waals surface area (Å²) in [5.74, 6) is -1.97. The number of hydrogen-bond donors (Lipinski definition) is 1. The van der Waals surface area contributed by atoms with Crippen molar-refractivity contribution in [3.63, 3.8) is 0 Å². The molecule has 0 saturated heterocycles. The fourth-order valence-electron chi connectivity index (χ4n) is 3.79. The van der Waals surface area contributed by atoms with Gasteiger partial charge in [-0.3, -0.25) is 4.99 Å². The number of aromatic nitrogens is 2. The summed E-state index contributed by atoms with van der Waals surface area (Å²) in [4.78, 5) is 4.51. The highest BCUT2D eigenvalue weighted by Gasteiger charge is 2.56. The third-order valence-electron chi connectivity index (χ3n) is 5.53. The Morgan fingerprint density at radius 1 is 1.21 bits per heavy atom. The Balaban J connectivity index is 1.76. The Labute approximate surface area is 190 Å². The van der Waals surface area contributed by atoms with Gasteiger partial charge in [-0.1, -0.05) is 12.1 Å². The third-order valence-corrected chi connectivity index (χ3v) is 9.62. The maximum Gasteiger partial charge on any atom is 0.391 e. The van der Waals surface area contributed by atoms with E-state index in [1.807, 2.05) is 0 Å². The Bertz CT molecular complexity index is 1340. The Morgan fingerprint density at radius 3 is 2.52 bits per heavy atom. The van der Waals surface area contributed by atoms with Gasteiger partial charge in [0.1, 0.15) is 21.9 Å². The Morgan fingerprint density at radius 2 is 1.91 bits per heavy atom. The van der Waals surface area contributed by atoms with Crippen LogP contribution >= 0.6 is 11.3 Å². The second-order valence-corrected chi connectivity index (χ2v) is 11.6. The number of rotatable bonds is 4. The second kappa shape index (κ2) is 7.62. The summed E-state index contributed by atoms with van der Waals surface area (Å²) in [5.41, 5.74) is 5.30. The summed E-state index contributed by atoms with van der Waals surface area (Å²) in [6.45, 7) is 2.24. The number of sulfone groups is 1. The Kier molecular flexibility index (Phi) is 5.39. The number of nitrogens with zero attached hydrogens (tertiary/aromatic N) is 3. The molecule has 0 saturated carbocycles. The molecule has 0 radical (unpaired) electrons. The SMILES string of the molecule is CC1(c2sc(-c3cccc(-c4nnco4)c3)cc2F)CS(=O)(=O)C(C)(CC(F)(F)F)C(N)=N1. The molecule has 3 aromatic rings. The lowest BCUT2D eigenvalue weighted by molar-refractivity contribution is -0.137. The van der Waals surface area contributed by atoms with E-state index in [-0.39, 0.29) is 10.8 Å². The highest BCUT2D eigenvalue weighted by molar-refractivity contribution is 7.93. The van der Waals surface area contributed by atoms with Gasteiger partial charge in [0.15, 0.2) is 9.84 Å². The van der Waals surface area contributed by atoms with E-state index in [0.717, 1.165) is 18.3 Å². The summed E-state index contributed by atoms with van der Waals surface area (Å²) in [5, 5.41) is 7.44. The average molecular weight is 503 g/mol. The molecule has 1 aromatic carbocycles. The van der Waals surface area contributed by atoms with E-state index in [9.17, 15) is 21.6 Å². The minimum absolute atomic E-state index is 0.0405. The van der Waals surface area contributed by atoms with Crippen molar-refractivity contribution >= 4 is 27.0 Å². The van der Waals surface area contributed by atoms with Gasteiger partial charge >= 0.3 is 6.18 Å². The summed E-state index contributed by atoms with van der Waals surface area (Å²) in [6.07, 6.45) is -5.28. The van der Waals surface area contributed by atoms with Crippen molar-refractivity contribution in [2.45, 2.75) is 36.7 Å². The fourth-order valence-corrected chi connectivity index (χ4v) is 7.01. The predicted molar refractivity (Wildman–Crippen MR) is 115 cm³/mol. The van der Waals surface area contributed by atoms with Crippen LogP contribution in [0.1, 0.15) is 25.1 Å². The van der Waals surface area contributed by atoms with Crippen molar-refractivity contribution < 1.29 is 30.4 Å². The van der Waals surface area contributed by atoms with Gasteiger partial charge in [-0.15, -0.1) is 21.5 Å². The number of thiophene rings is 1. The molecule has 0 fully saturated rings. The van der Waals surface area contributed by atoms with E-state index in [2.05, 4.69) is 15.2 Å². The van der Waals surface area contributed by atoms with Gasteiger partial charge in [-0.25, -0.2) is 12.8 Å². The first-order chi connectivity index (χ1) is 15.2. The molecule has 3 heterocycles. The fraction of sp³-hybridized carbons (Fsp3) is 0.350. The maximum absolute atomic E-state index is 15.0. The summed E-state index contributed by atoms with van der Waals surface area (Å²) < 4.78 is 82.8. The summed E-state index contributed by atoms with van der Waals surface area (Å²) >= 11 is 0.949. The number of benzene rings is 1. The van der Waals surface area contributed by atoms with Crippen LogP contribution in [-0.4, -0.2) is 41.1 Å². The number of halogens is 4. The quantitative estimate of drug-likeness (QED) is 0.532. The van der Waals surface area contributed by atoms with E-state index in [1.165, 1.54) is 19.4 Å². The molecule has 4 rings (SSSR count). The van der Waals surface area contributed by atoms with Gasteiger partial charge in [0.05, 0.1) is 17.1 Å². The lowest BCUT2D eigenvalue weighted by Gasteiger charge is -2.39. The number of alkyl halides is 3. The number of amidine groups is 1. The highest BCUT2D eigenvalue weighted by atomic mass is 32.2. The number of nitrogens with two attached hydrogens (primary N) is 1. The van der Waals surface area contributed by atoms with Crippen LogP contribution < -0.4 is 5.73 Å². The minimum atomic E-state index is -4.78. The molecule has 1 aliphatic rings. The van der Waals surface area contributed by atoms with Crippen molar-refractivity contribution in [1.82, 2.24) is 10.2 Å². The zero-order chi connectivity index (χ0) is 24.2. The molecule has 33 heavy (non-hydrogen) atoms. The average Bonchev–Trinajstić information content (AvgIpc) is 3.35. The van der Waals surface area contributed by atoms with Gasteiger partial charge < -0.3 is 10.2 Å². The molecule has 2 N–H and O–H groups in total. The molecule has 7 nitrogen and oxygen atoms in total. The maximum atomic E-state index is 15.0. The van der Waals surface area contributed by atoms with Crippen LogP contribution in [-0.2, 0) is 15.4 Å². The zero-order valence-electron chi connectivity index (χ0n) is 17.4. The predicted octanol–water partition coefficient (Wildman–Crippen LogP) is 4.32. The third kappa shape index (κ3) is 4.14. The molecule has 1 aliphatic heterocycles. The normalized spacial score (nSPS) is 25.1. The van der Waals surface area contributed by atoms with Crippen LogP contribution in [0, 0.1) is 5.82 Å². The van der Waals surface area contributed by atoms with Gasteiger partial charge in [-0.05, 0) is 37.6 Å². The van der Waals surface area contributed by atoms with Crippen molar-refractivity contribution in [2.24, 2.45) is 10.7 Å². The molecule has 0 bridgehead atoms. The van der Waals surface area contributed by atoms with Gasteiger partial charge in [0.2, 0.25) is 12.3 Å². The molecule has 176 valence electrons. The van der Waals surface area contributed by atoms with Crippen molar-refractivity contribution in [1.29, 1.82) is 0 Å². The lowest BCUT2D eigenvalue weighted by Crippen LogP contribution is -2.58. The first-order valence-corrected chi connectivity index (χ1v) is 12.0. The van der Waals surface area contributed by atoms with Crippen LogP contribution in [0.25, 0.3) is 21.9 Å². The first kappa shape index (κ1) is 23.4. The first-order valence-electron chi connectivity index (χ1n) is 9.56. The van der Waals surface area contributed by atoms with Crippen molar-refractivity contribution in [3.8, 4) is 21.9 Å². The molecule has 2 atom stereocenters. The van der Waals surface area contributed by atoms with E-state index in [1.54, 1.807) is 24.3 Å². The molecule has 0 aliphatic carbocycles. The smallest absolute Gasteiger partial charge is 0.391 e. The molecule has 2 aromatic heterocycles. The molecule has 0 spiro atoms. The van der Waals surface area contributed by atoms with E-state index in [0.29, 0.717) is 16.0 Å². The molecular formula is C20H18F4N4O3S2. The summed E-state index contributed by atoms with van der Waals surface area (Å²) in [6, 6.07) is 8.06. The van der Waals surface area contributed by atoms with Crippen LogP contribution in [0.2, 0.25) is 0 Å². The number of aliphatic imine (C=N–C) groups is 1. The van der Waals surface area contributed by atoms with E-state index in [4.69, 9.17) is 10.2 Å². The molecule has 2 unspecified atom stereocenters. The second-order valence-electron chi connectivity index (χ2n) is 8.17. The zero-order valence-corrected chi connectivity index (χ0v) is 19.0. The Hall–Kier alpha value is -2.80. The summed E-state index contributed by atoms with van der Waals surface area (Å²) in [7, 11) is -4.43. The minimum Gasteiger partial charge on any atom is -0.423 e. The standard InChI is InChI=1S/C20H18F4N4O3S2/c1-18(9-33(29,30)19(2,17(25)27-18)8-20(22,23)24)15-13(21)7-14(32-15)11-4-3-5-12(6-11)16-28-26-10-31-16/h3-7,10H,8-9H2,1-2H3,(H2,25,27). The topological polar surface area (TPSA) is 111 Å². The van der Waals surface area contributed by atoms with Crippen molar-refractivity contribution in [2.75, 3.05) is 5.75 Å². The van der Waals surface area contributed by atoms with Gasteiger partial charge in [0.25, 0.3) is 0 Å². The molecule has 13 heteroatoms. The largest absolute Gasteiger partial charge is 0.423 e. The van der Waals surface area contributed by atoms with E-state index < -0.39 is 50.1 Å². The molecular weight excluding hydrogens is 484 g/mol. The van der Waals surface area contributed by atoms with Crippen LogP contribution in [0.3, 0.4) is 0 Å². The highest BCUT2D eigenvalue weighted by Crippen LogP contribution is 2.45. The van der Waals surface area contributed by atoms with Crippen LogP contribution in [0.5, 0.6) is 0 Å². The van der Waals surface area contributed by atoms with E-state index >= 15 is 4.39 Å². The van der Waals surface area contributed by atoms with Crippen LogP contribution in [0.15, 0.2) is 46.1 Å².